The number of halogens is 3. The number of nitrogens with zero attached hydrogens (tertiary/aromatic N) is 1. The van der Waals surface area contributed by atoms with Crippen LogP contribution < -0.4 is 5.32 Å². The molecule has 0 aromatic heterocycles. The van der Waals surface area contributed by atoms with Crippen molar-refractivity contribution >= 4 is 5.91 Å². The lowest BCUT2D eigenvalue weighted by atomic mass is 10.1. The predicted molar refractivity (Wildman–Crippen MR) is 64.8 cm³/mol. The number of amides is 1. The molecule has 0 atom stereocenters. The van der Waals surface area contributed by atoms with E-state index in [9.17, 15) is 18.0 Å². The minimum atomic E-state index is -4.22. The average molecular weight is 282 g/mol. The van der Waals surface area contributed by atoms with Gasteiger partial charge in [0.2, 0.25) is 5.91 Å². The van der Waals surface area contributed by atoms with E-state index in [1.54, 1.807) is 0 Å². The highest BCUT2D eigenvalue weighted by atomic mass is 19.4. The molecule has 4 nitrogen and oxygen atoms in total. The zero-order valence-corrected chi connectivity index (χ0v) is 11.1. The zero-order chi connectivity index (χ0) is 14.3. The van der Waals surface area contributed by atoms with Gasteiger partial charge in [-0.05, 0) is 25.9 Å². The third kappa shape index (κ3) is 7.37. The van der Waals surface area contributed by atoms with Gasteiger partial charge in [0.15, 0.2) is 0 Å². The maximum absolute atomic E-state index is 12.0. The Hall–Kier alpha value is -0.820. The van der Waals surface area contributed by atoms with E-state index in [2.05, 4.69) is 5.32 Å². The highest BCUT2D eigenvalue weighted by molar-refractivity contribution is 5.75. The monoisotopic (exact) mass is 282 g/mol. The van der Waals surface area contributed by atoms with E-state index in [1.165, 1.54) is 7.05 Å². The maximum atomic E-state index is 12.0. The molecular formula is C12H21F3N2O2. The molecule has 1 rings (SSSR count). The third-order valence-electron chi connectivity index (χ3n) is 3.11. The number of carbonyl (C=O) groups excluding carboxylic acids is 1. The topological polar surface area (TPSA) is 41.6 Å². The van der Waals surface area contributed by atoms with Gasteiger partial charge in [0, 0.05) is 13.6 Å². The van der Waals surface area contributed by atoms with Crippen molar-refractivity contribution in [1.82, 2.24) is 10.2 Å². The van der Waals surface area contributed by atoms with Crippen molar-refractivity contribution in [2.75, 3.05) is 33.3 Å². The molecule has 0 radical (unpaired) electrons. The first-order valence-electron chi connectivity index (χ1n) is 6.51. The number of carbonyl (C=O) groups is 1. The zero-order valence-electron chi connectivity index (χ0n) is 11.1. The standard InChI is InChI=1S/C12H21F3N2O2/c1-17(8-5-12(13,14)15)11(18)4-9-19-10-2-6-16-7-3-10/h10,16H,2-9H2,1H3. The quantitative estimate of drug-likeness (QED) is 0.804. The molecule has 1 saturated heterocycles. The van der Waals surface area contributed by atoms with Gasteiger partial charge in [0.25, 0.3) is 0 Å². The molecule has 1 aliphatic heterocycles. The first-order chi connectivity index (χ1) is 8.88. The Morgan fingerprint density at radius 2 is 2.00 bits per heavy atom. The fourth-order valence-electron chi connectivity index (χ4n) is 1.89. The van der Waals surface area contributed by atoms with E-state index in [1.807, 2.05) is 0 Å². The molecule has 0 bridgehead atoms. The summed E-state index contributed by atoms with van der Waals surface area (Å²) in [7, 11) is 1.39. The van der Waals surface area contributed by atoms with Gasteiger partial charge >= 0.3 is 6.18 Å². The Labute approximate surface area is 111 Å². The van der Waals surface area contributed by atoms with Gasteiger partial charge in [-0.15, -0.1) is 0 Å². The molecule has 1 heterocycles. The fourth-order valence-corrected chi connectivity index (χ4v) is 1.89. The van der Waals surface area contributed by atoms with Gasteiger partial charge in [0.05, 0.1) is 25.6 Å². The Morgan fingerprint density at radius 1 is 1.37 bits per heavy atom. The average Bonchev–Trinajstić information content (AvgIpc) is 2.36. The molecule has 0 aromatic carbocycles. The van der Waals surface area contributed by atoms with Crippen molar-refractivity contribution in [3.8, 4) is 0 Å². The highest BCUT2D eigenvalue weighted by Gasteiger charge is 2.28. The summed E-state index contributed by atoms with van der Waals surface area (Å²) < 4.78 is 41.6. The molecule has 0 spiro atoms. The van der Waals surface area contributed by atoms with Crippen molar-refractivity contribution < 1.29 is 22.7 Å². The number of hydrogen-bond donors (Lipinski definition) is 1. The molecule has 112 valence electrons. The van der Waals surface area contributed by atoms with E-state index in [0.29, 0.717) is 0 Å². The number of rotatable bonds is 6. The molecule has 1 aliphatic rings. The minimum absolute atomic E-state index is 0.137. The van der Waals surface area contributed by atoms with Crippen molar-refractivity contribution in [2.45, 2.75) is 38.0 Å². The van der Waals surface area contributed by atoms with Gasteiger partial charge in [-0.25, -0.2) is 0 Å². The van der Waals surface area contributed by atoms with Crippen LogP contribution in [0.4, 0.5) is 13.2 Å². The number of hydrogen-bond acceptors (Lipinski definition) is 3. The molecule has 1 fully saturated rings. The number of alkyl halides is 3. The molecule has 7 heteroatoms. The smallest absolute Gasteiger partial charge is 0.378 e. The Balaban J connectivity index is 2.12. The second-order valence-electron chi connectivity index (χ2n) is 4.75. The molecular weight excluding hydrogens is 261 g/mol. The number of nitrogens with one attached hydrogen (secondary N) is 1. The summed E-state index contributed by atoms with van der Waals surface area (Å²) in [4.78, 5) is 12.7. The van der Waals surface area contributed by atoms with Crippen LogP contribution in [-0.2, 0) is 9.53 Å². The van der Waals surface area contributed by atoms with Crippen LogP contribution in [0, 0.1) is 0 Å². The van der Waals surface area contributed by atoms with Crippen LogP contribution in [-0.4, -0.2) is 56.4 Å². The molecule has 1 amide bonds. The van der Waals surface area contributed by atoms with Crippen LogP contribution in [0.1, 0.15) is 25.7 Å². The van der Waals surface area contributed by atoms with E-state index >= 15 is 0 Å². The molecule has 0 unspecified atom stereocenters. The summed E-state index contributed by atoms with van der Waals surface area (Å²) in [5, 5.41) is 3.20. The summed E-state index contributed by atoms with van der Waals surface area (Å²) in [5.41, 5.74) is 0. The molecule has 0 aliphatic carbocycles. The Morgan fingerprint density at radius 3 is 2.58 bits per heavy atom. The summed E-state index contributed by atoms with van der Waals surface area (Å²) in [6, 6.07) is 0. The van der Waals surface area contributed by atoms with Crippen LogP contribution in [0.2, 0.25) is 0 Å². The number of piperidine rings is 1. The largest absolute Gasteiger partial charge is 0.390 e. The van der Waals surface area contributed by atoms with E-state index in [-0.39, 0.29) is 31.6 Å². The maximum Gasteiger partial charge on any atom is 0.390 e. The van der Waals surface area contributed by atoms with Crippen LogP contribution >= 0.6 is 0 Å². The van der Waals surface area contributed by atoms with Gasteiger partial charge in [-0.2, -0.15) is 13.2 Å². The lowest BCUT2D eigenvalue weighted by Gasteiger charge is -2.23. The van der Waals surface area contributed by atoms with E-state index in [4.69, 9.17) is 4.74 Å². The van der Waals surface area contributed by atoms with Crippen molar-refractivity contribution in [2.24, 2.45) is 0 Å². The van der Waals surface area contributed by atoms with Gasteiger partial charge < -0.3 is 15.0 Å². The van der Waals surface area contributed by atoms with Crippen LogP contribution in [0.5, 0.6) is 0 Å². The van der Waals surface area contributed by atoms with Crippen molar-refractivity contribution in [3.63, 3.8) is 0 Å². The van der Waals surface area contributed by atoms with Crippen LogP contribution in [0.3, 0.4) is 0 Å². The molecule has 0 aromatic rings. The van der Waals surface area contributed by atoms with Crippen molar-refractivity contribution in [3.05, 3.63) is 0 Å². The summed E-state index contributed by atoms with van der Waals surface area (Å²) >= 11 is 0. The third-order valence-corrected chi connectivity index (χ3v) is 3.11. The first kappa shape index (κ1) is 16.2. The molecule has 0 saturated carbocycles. The SMILES string of the molecule is CN(CCC(F)(F)F)C(=O)CCOC1CCNCC1. The van der Waals surface area contributed by atoms with Gasteiger partial charge in [0.1, 0.15) is 0 Å². The predicted octanol–water partition coefficient (Wildman–Crippen LogP) is 1.56. The van der Waals surface area contributed by atoms with Crippen LogP contribution in [0.15, 0.2) is 0 Å². The second kappa shape index (κ2) is 7.69. The second-order valence-corrected chi connectivity index (χ2v) is 4.75. The molecule has 1 N–H and O–H groups in total. The van der Waals surface area contributed by atoms with E-state index < -0.39 is 12.6 Å². The Kier molecular flexibility index (Phi) is 6.57. The normalized spacial score (nSPS) is 17.5. The molecule has 19 heavy (non-hydrogen) atoms. The van der Waals surface area contributed by atoms with Gasteiger partial charge in [-0.3, -0.25) is 4.79 Å². The lowest BCUT2D eigenvalue weighted by molar-refractivity contribution is -0.144. The summed E-state index contributed by atoms with van der Waals surface area (Å²) in [5.74, 6) is -0.307. The summed E-state index contributed by atoms with van der Waals surface area (Å²) in [6.07, 6.45) is -3.06. The Bertz CT molecular complexity index is 279. The minimum Gasteiger partial charge on any atom is -0.378 e. The summed E-state index contributed by atoms with van der Waals surface area (Å²) in [6.45, 7) is 1.80. The highest BCUT2D eigenvalue weighted by Crippen LogP contribution is 2.19. The number of ether oxygens (including phenoxy) is 1. The van der Waals surface area contributed by atoms with E-state index in [0.717, 1.165) is 30.8 Å². The van der Waals surface area contributed by atoms with Gasteiger partial charge in [-0.1, -0.05) is 0 Å². The lowest BCUT2D eigenvalue weighted by Crippen LogP contribution is -2.34. The fraction of sp³-hybridized carbons (Fsp3) is 0.917. The first-order valence-corrected chi connectivity index (χ1v) is 6.51. The van der Waals surface area contributed by atoms with Crippen LogP contribution in [0.25, 0.3) is 0 Å². The van der Waals surface area contributed by atoms with Crippen molar-refractivity contribution in [1.29, 1.82) is 0 Å².